The van der Waals surface area contributed by atoms with Gasteiger partial charge in [-0.15, -0.1) is 0 Å². The fraction of sp³-hybridized carbons (Fsp3) is 0.471. The van der Waals surface area contributed by atoms with E-state index >= 15 is 0 Å². The summed E-state index contributed by atoms with van der Waals surface area (Å²) >= 11 is 0. The van der Waals surface area contributed by atoms with Crippen molar-refractivity contribution in [3.05, 3.63) is 36.0 Å². The number of nitrogens with one attached hydrogen (secondary N) is 1. The van der Waals surface area contributed by atoms with Gasteiger partial charge in [0.05, 0.1) is 25.1 Å². The molecule has 1 atom stereocenters. The van der Waals surface area contributed by atoms with Crippen LogP contribution < -0.4 is 4.74 Å². The summed E-state index contributed by atoms with van der Waals surface area (Å²) in [6.07, 6.45) is 1.51. The van der Waals surface area contributed by atoms with Crippen LogP contribution in [-0.2, 0) is 6.54 Å². The molecular weight excluding hydrogens is 278 g/mol. The molecule has 2 rings (SSSR count). The Balaban J connectivity index is 2.20. The monoisotopic (exact) mass is 303 g/mol. The molecule has 1 aromatic heterocycles. The van der Waals surface area contributed by atoms with Gasteiger partial charge in [0.15, 0.2) is 0 Å². The number of ether oxygens (including phenoxy) is 1. The fourth-order valence-corrected chi connectivity index (χ4v) is 2.45. The first-order chi connectivity index (χ1) is 10.5. The fourth-order valence-electron chi connectivity index (χ4n) is 2.45. The van der Waals surface area contributed by atoms with Crippen LogP contribution in [0.1, 0.15) is 26.3 Å². The molecule has 0 aliphatic rings. The highest BCUT2D eigenvalue weighted by atomic mass is 16.5. The molecule has 0 saturated heterocycles. The van der Waals surface area contributed by atoms with E-state index in [0.717, 1.165) is 29.1 Å². The first-order valence-corrected chi connectivity index (χ1v) is 7.60. The van der Waals surface area contributed by atoms with Crippen molar-refractivity contribution in [1.29, 1.82) is 0 Å². The third-order valence-electron chi connectivity index (χ3n) is 3.70. The Morgan fingerprint density at radius 1 is 1.23 bits per heavy atom. The van der Waals surface area contributed by atoms with E-state index in [0.29, 0.717) is 12.6 Å². The highest BCUT2D eigenvalue weighted by Gasteiger charge is 2.16. The van der Waals surface area contributed by atoms with Crippen molar-refractivity contribution in [3.63, 3.8) is 0 Å². The van der Waals surface area contributed by atoms with Crippen LogP contribution in [-0.4, -0.2) is 46.0 Å². The predicted octanol–water partition coefficient (Wildman–Crippen LogP) is 2.68. The van der Waals surface area contributed by atoms with E-state index in [-0.39, 0.29) is 6.10 Å². The second-order valence-electron chi connectivity index (χ2n) is 5.87. The highest BCUT2D eigenvalue weighted by molar-refractivity contribution is 5.63. The number of methoxy groups -OCH3 is 1. The lowest BCUT2D eigenvalue weighted by atomic mass is 10.1. The summed E-state index contributed by atoms with van der Waals surface area (Å²) in [4.78, 5) is 2.24. The minimum Gasteiger partial charge on any atom is -0.497 e. The minimum atomic E-state index is -0.348. The number of H-pyrrole nitrogens is 1. The van der Waals surface area contributed by atoms with Gasteiger partial charge in [0.2, 0.25) is 0 Å². The number of aromatic nitrogens is 2. The maximum Gasteiger partial charge on any atom is 0.118 e. The van der Waals surface area contributed by atoms with Gasteiger partial charge in [-0.1, -0.05) is 0 Å². The van der Waals surface area contributed by atoms with Crippen LogP contribution in [0, 0.1) is 0 Å². The molecule has 0 spiro atoms. The van der Waals surface area contributed by atoms with Crippen LogP contribution in [0.15, 0.2) is 30.5 Å². The van der Waals surface area contributed by atoms with Gasteiger partial charge in [-0.05, 0) is 45.0 Å². The molecule has 5 nitrogen and oxygen atoms in total. The van der Waals surface area contributed by atoms with Gasteiger partial charge in [0, 0.05) is 30.3 Å². The second-order valence-corrected chi connectivity index (χ2v) is 5.87. The van der Waals surface area contributed by atoms with E-state index in [1.54, 1.807) is 7.11 Å². The summed E-state index contributed by atoms with van der Waals surface area (Å²) in [5.41, 5.74) is 3.22. The van der Waals surface area contributed by atoms with Gasteiger partial charge in [0.25, 0.3) is 0 Å². The summed E-state index contributed by atoms with van der Waals surface area (Å²) in [6.45, 7) is 7.48. The molecule has 5 heteroatoms. The highest BCUT2D eigenvalue weighted by Crippen LogP contribution is 2.25. The van der Waals surface area contributed by atoms with Gasteiger partial charge < -0.3 is 9.84 Å². The minimum absolute atomic E-state index is 0.348. The largest absolute Gasteiger partial charge is 0.497 e. The Morgan fingerprint density at radius 2 is 1.91 bits per heavy atom. The van der Waals surface area contributed by atoms with Crippen LogP contribution >= 0.6 is 0 Å². The molecule has 0 aliphatic heterocycles. The molecule has 0 aliphatic carbocycles. The molecule has 1 aromatic carbocycles. The number of aromatic amines is 1. The summed E-state index contributed by atoms with van der Waals surface area (Å²) in [7, 11) is 1.66. The maximum atomic E-state index is 9.67. The van der Waals surface area contributed by atoms with Gasteiger partial charge in [0.1, 0.15) is 5.75 Å². The summed E-state index contributed by atoms with van der Waals surface area (Å²) in [6, 6.07) is 8.27. The Kier molecular flexibility index (Phi) is 5.57. The van der Waals surface area contributed by atoms with E-state index in [4.69, 9.17) is 4.74 Å². The molecule has 1 heterocycles. The van der Waals surface area contributed by atoms with E-state index in [2.05, 4.69) is 28.9 Å². The zero-order valence-electron chi connectivity index (χ0n) is 13.7. The first kappa shape index (κ1) is 16.5. The first-order valence-electron chi connectivity index (χ1n) is 7.60. The third-order valence-corrected chi connectivity index (χ3v) is 3.70. The molecule has 0 bridgehead atoms. The molecule has 120 valence electrons. The van der Waals surface area contributed by atoms with Crippen molar-refractivity contribution >= 4 is 0 Å². The van der Waals surface area contributed by atoms with Gasteiger partial charge in [-0.2, -0.15) is 5.10 Å². The summed E-state index contributed by atoms with van der Waals surface area (Å²) in [5, 5.41) is 16.9. The zero-order valence-corrected chi connectivity index (χ0v) is 13.7. The lowest BCUT2D eigenvalue weighted by Crippen LogP contribution is -2.36. The average Bonchev–Trinajstić information content (AvgIpc) is 2.94. The van der Waals surface area contributed by atoms with Gasteiger partial charge in [-0.25, -0.2) is 0 Å². The maximum absolute atomic E-state index is 9.67. The molecule has 0 amide bonds. The van der Waals surface area contributed by atoms with E-state index in [9.17, 15) is 5.11 Å². The number of hydrogen-bond acceptors (Lipinski definition) is 4. The number of benzene rings is 1. The van der Waals surface area contributed by atoms with Crippen molar-refractivity contribution in [3.8, 4) is 17.0 Å². The molecular formula is C17H25N3O2. The Bertz CT molecular complexity index is 576. The van der Waals surface area contributed by atoms with Crippen molar-refractivity contribution in [2.45, 2.75) is 39.5 Å². The smallest absolute Gasteiger partial charge is 0.118 e. The van der Waals surface area contributed by atoms with Crippen LogP contribution in [0.4, 0.5) is 0 Å². The number of aliphatic hydroxyl groups is 1. The van der Waals surface area contributed by atoms with Crippen LogP contribution in [0.5, 0.6) is 5.75 Å². The number of hydrogen-bond donors (Lipinski definition) is 2. The molecule has 2 N–H and O–H groups in total. The molecule has 0 saturated carbocycles. The van der Waals surface area contributed by atoms with E-state index in [1.807, 2.05) is 37.4 Å². The molecule has 2 aromatic rings. The topological polar surface area (TPSA) is 61.4 Å². The Morgan fingerprint density at radius 3 is 2.45 bits per heavy atom. The molecule has 0 radical (unpaired) electrons. The molecule has 22 heavy (non-hydrogen) atoms. The van der Waals surface area contributed by atoms with Crippen LogP contribution in [0.25, 0.3) is 11.3 Å². The van der Waals surface area contributed by atoms with E-state index in [1.165, 1.54) is 0 Å². The average molecular weight is 303 g/mol. The summed E-state index contributed by atoms with van der Waals surface area (Å²) in [5.74, 6) is 0.836. The Labute approximate surface area is 131 Å². The summed E-state index contributed by atoms with van der Waals surface area (Å²) < 4.78 is 5.19. The van der Waals surface area contributed by atoms with E-state index < -0.39 is 0 Å². The normalized spacial score (nSPS) is 12.9. The number of aliphatic hydroxyl groups excluding tert-OH is 1. The van der Waals surface area contributed by atoms with Crippen molar-refractivity contribution < 1.29 is 9.84 Å². The van der Waals surface area contributed by atoms with Crippen molar-refractivity contribution in [1.82, 2.24) is 15.1 Å². The number of rotatable bonds is 7. The molecule has 1 unspecified atom stereocenters. The third kappa shape index (κ3) is 4.08. The zero-order chi connectivity index (χ0) is 16.1. The van der Waals surface area contributed by atoms with Gasteiger partial charge >= 0.3 is 0 Å². The predicted molar refractivity (Wildman–Crippen MR) is 87.8 cm³/mol. The Hall–Kier alpha value is -1.85. The molecule has 0 fully saturated rings. The standard InChI is InChI=1S/C17H25N3O2/c1-12(2)20(10-13(3)21)11-15-9-18-19-17(15)14-5-7-16(22-4)8-6-14/h5-9,12-13,21H,10-11H2,1-4H3,(H,18,19). The van der Waals surface area contributed by atoms with Crippen LogP contribution in [0.2, 0.25) is 0 Å². The quantitative estimate of drug-likeness (QED) is 0.825. The lowest BCUT2D eigenvalue weighted by molar-refractivity contribution is 0.103. The van der Waals surface area contributed by atoms with Crippen molar-refractivity contribution in [2.24, 2.45) is 0 Å². The second kappa shape index (κ2) is 7.42. The lowest BCUT2D eigenvalue weighted by Gasteiger charge is -2.27. The number of nitrogens with zero attached hydrogens (tertiary/aromatic N) is 2. The SMILES string of the molecule is COc1ccc(-c2[nH]ncc2CN(CC(C)O)C(C)C)cc1. The van der Waals surface area contributed by atoms with Crippen LogP contribution in [0.3, 0.4) is 0 Å². The van der Waals surface area contributed by atoms with Gasteiger partial charge in [-0.3, -0.25) is 10.00 Å². The van der Waals surface area contributed by atoms with Crippen molar-refractivity contribution in [2.75, 3.05) is 13.7 Å².